The molecule has 0 spiro atoms. The Labute approximate surface area is 131 Å². The van der Waals surface area contributed by atoms with Crippen molar-refractivity contribution >= 4 is 15.7 Å². The molecule has 0 aliphatic carbocycles. The quantitative estimate of drug-likeness (QED) is 0.813. The Morgan fingerprint density at radius 3 is 2.27 bits per heavy atom. The zero-order chi connectivity index (χ0) is 15.7. The predicted molar refractivity (Wildman–Crippen MR) is 85.7 cm³/mol. The lowest BCUT2D eigenvalue weighted by atomic mass is 10.1. The fraction of sp³-hybridized carbons (Fsp3) is 0.562. The number of nitrogens with zero attached hydrogens (tertiary/aromatic N) is 2. The van der Waals surface area contributed by atoms with Gasteiger partial charge in [0.05, 0.1) is 11.5 Å². The highest BCUT2D eigenvalue weighted by Gasteiger charge is 2.34. The molecule has 0 unspecified atom stereocenters. The predicted octanol–water partition coefficient (Wildman–Crippen LogP) is 0.940. The molecule has 22 heavy (non-hydrogen) atoms. The van der Waals surface area contributed by atoms with Crippen LogP contribution in [0.4, 0.5) is 0 Å². The van der Waals surface area contributed by atoms with Gasteiger partial charge >= 0.3 is 0 Å². The van der Waals surface area contributed by atoms with Gasteiger partial charge < -0.3 is 4.90 Å². The second kappa shape index (κ2) is 6.01. The summed E-state index contributed by atoms with van der Waals surface area (Å²) < 4.78 is 23.2. The molecule has 2 fully saturated rings. The number of carbonyl (C=O) groups is 1. The highest BCUT2D eigenvalue weighted by atomic mass is 32.2. The first-order valence-corrected chi connectivity index (χ1v) is 9.57. The molecule has 0 bridgehead atoms. The number of sulfone groups is 1. The van der Waals surface area contributed by atoms with Crippen LogP contribution in [-0.4, -0.2) is 67.9 Å². The summed E-state index contributed by atoms with van der Waals surface area (Å²) in [5.74, 6) is 0.651. The van der Waals surface area contributed by atoms with Crippen molar-refractivity contribution in [1.82, 2.24) is 9.80 Å². The van der Waals surface area contributed by atoms with Gasteiger partial charge in [-0.1, -0.05) is 17.7 Å². The number of hydrogen-bond acceptors (Lipinski definition) is 4. The maximum Gasteiger partial charge on any atom is 0.253 e. The Balaban J connectivity index is 1.57. The molecule has 6 heteroatoms. The van der Waals surface area contributed by atoms with Gasteiger partial charge in [-0.2, -0.15) is 0 Å². The van der Waals surface area contributed by atoms with Gasteiger partial charge in [0.1, 0.15) is 0 Å². The van der Waals surface area contributed by atoms with Crippen LogP contribution in [0.25, 0.3) is 0 Å². The molecule has 2 aliphatic rings. The first-order chi connectivity index (χ1) is 10.4. The molecule has 0 saturated carbocycles. The van der Waals surface area contributed by atoms with Crippen LogP contribution in [0.3, 0.4) is 0 Å². The summed E-state index contributed by atoms with van der Waals surface area (Å²) in [4.78, 5) is 16.5. The van der Waals surface area contributed by atoms with Gasteiger partial charge in [0.15, 0.2) is 9.84 Å². The lowest BCUT2D eigenvalue weighted by molar-refractivity contribution is 0.0588. The zero-order valence-electron chi connectivity index (χ0n) is 12.9. The smallest absolute Gasteiger partial charge is 0.253 e. The van der Waals surface area contributed by atoms with Gasteiger partial charge in [-0.3, -0.25) is 9.69 Å². The van der Waals surface area contributed by atoms with Crippen molar-refractivity contribution in [3.63, 3.8) is 0 Å². The van der Waals surface area contributed by atoms with Crippen LogP contribution < -0.4 is 0 Å². The molecular formula is C16H22N2O3S. The van der Waals surface area contributed by atoms with E-state index in [-0.39, 0.29) is 17.7 Å². The maximum atomic E-state index is 12.5. The third kappa shape index (κ3) is 3.33. The molecule has 1 aromatic rings. The molecule has 1 aromatic carbocycles. The van der Waals surface area contributed by atoms with E-state index in [0.717, 1.165) is 30.6 Å². The maximum absolute atomic E-state index is 12.5. The van der Waals surface area contributed by atoms with E-state index in [1.807, 2.05) is 36.1 Å². The largest absolute Gasteiger partial charge is 0.336 e. The van der Waals surface area contributed by atoms with Crippen LogP contribution in [0.1, 0.15) is 22.3 Å². The van der Waals surface area contributed by atoms with Gasteiger partial charge in [-0.25, -0.2) is 8.42 Å². The summed E-state index contributed by atoms with van der Waals surface area (Å²) >= 11 is 0. The number of rotatable bonds is 2. The second-order valence-electron chi connectivity index (χ2n) is 6.25. The van der Waals surface area contributed by atoms with Crippen molar-refractivity contribution in [1.29, 1.82) is 0 Å². The fourth-order valence-electron chi connectivity index (χ4n) is 3.23. The second-order valence-corrected chi connectivity index (χ2v) is 8.48. The molecule has 0 radical (unpaired) electrons. The Morgan fingerprint density at radius 1 is 1.09 bits per heavy atom. The molecule has 1 amide bonds. The van der Waals surface area contributed by atoms with Gasteiger partial charge in [-0.15, -0.1) is 0 Å². The lowest BCUT2D eigenvalue weighted by Gasteiger charge is -2.37. The van der Waals surface area contributed by atoms with Crippen molar-refractivity contribution in [3.8, 4) is 0 Å². The average Bonchev–Trinajstić information content (AvgIpc) is 2.88. The highest BCUT2D eigenvalue weighted by Crippen LogP contribution is 2.20. The van der Waals surface area contributed by atoms with E-state index >= 15 is 0 Å². The van der Waals surface area contributed by atoms with Crippen molar-refractivity contribution in [2.75, 3.05) is 37.7 Å². The Hall–Kier alpha value is -1.40. The summed E-state index contributed by atoms with van der Waals surface area (Å²) in [5.41, 5.74) is 1.87. The van der Waals surface area contributed by atoms with Crippen LogP contribution in [0, 0.1) is 6.92 Å². The molecule has 2 saturated heterocycles. The van der Waals surface area contributed by atoms with Crippen LogP contribution in [0.5, 0.6) is 0 Å². The molecule has 120 valence electrons. The van der Waals surface area contributed by atoms with Crippen molar-refractivity contribution in [2.45, 2.75) is 19.4 Å². The summed E-state index contributed by atoms with van der Waals surface area (Å²) in [7, 11) is -2.84. The molecule has 1 atom stereocenters. The van der Waals surface area contributed by atoms with Crippen LogP contribution in [-0.2, 0) is 9.84 Å². The van der Waals surface area contributed by atoms with Crippen LogP contribution >= 0.6 is 0 Å². The normalized spacial score (nSPS) is 25.3. The molecule has 5 nitrogen and oxygen atoms in total. The standard InChI is InChI=1S/C16H22N2O3S/c1-13-2-4-14(5-3-13)16(19)18-9-7-17(8-10-18)15-6-11-22(20,21)12-15/h2-5,15H,6-12H2,1H3/t15-/m0/s1. The third-order valence-electron chi connectivity index (χ3n) is 4.62. The van der Waals surface area contributed by atoms with Crippen molar-refractivity contribution in [2.24, 2.45) is 0 Å². The van der Waals surface area contributed by atoms with E-state index < -0.39 is 9.84 Å². The highest BCUT2D eigenvalue weighted by molar-refractivity contribution is 7.91. The zero-order valence-corrected chi connectivity index (χ0v) is 13.7. The number of amides is 1. The lowest BCUT2D eigenvalue weighted by Crippen LogP contribution is -2.52. The monoisotopic (exact) mass is 322 g/mol. The molecule has 0 aromatic heterocycles. The number of benzene rings is 1. The third-order valence-corrected chi connectivity index (χ3v) is 6.38. The van der Waals surface area contributed by atoms with Crippen molar-refractivity contribution in [3.05, 3.63) is 35.4 Å². The Morgan fingerprint density at radius 2 is 1.73 bits per heavy atom. The Kier molecular flexibility index (Phi) is 4.23. The van der Waals surface area contributed by atoms with E-state index in [1.165, 1.54) is 0 Å². The summed E-state index contributed by atoms with van der Waals surface area (Å²) in [6.07, 6.45) is 0.730. The van der Waals surface area contributed by atoms with Gasteiger partial charge in [0.2, 0.25) is 0 Å². The number of aryl methyl sites for hydroxylation is 1. The van der Waals surface area contributed by atoms with E-state index in [4.69, 9.17) is 0 Å². The van der Waals surface area contributed by atoms with Crippen LogP contribution in [0.2, 0.25) is 0 Å². The summed E-state index contributed by atoms with van der Waals surface area (Å²) in [6, 6.07) is 7.78. The molecule has 3 rings (SSSR count). The summed E-state index contributed by atoms with van der Waals surface area (Å²) in [6.45, 7) is 4.87. The van der Waals surface area contributed by atoms with Crippen LogP contribution in [0.15, 0.2) is 24.3 Å². The SMILES string of the molecule is Cc1ccc(C(=O)N2CCN([C@H]3CCS(=O)(=O)C3)CC2)cc1. The van der Waals surface area contributed by atoms with Crippen molar-refractivity contribution < 1.29 is 13.2 Å². The molecule has 0 N–H and O–H groups in total. The molecule has 2 aliphatic heterocycles. The van der Waals surface area contributed by atoms with E-state index in [2.05, 4.69) is 4.90 Å². The average molecular weight is 322 g/mol. The van der Waals surface area contributed by atoms with E-state index in [9.17, 15) is 13.2 Å². The summed E-state index contributed by atoms with van der Waals surface area (Å²) in [5, 5.41) is 0. The minimum Gasteiger partial charge on any atom is -0.336 e. The fourth-order valence-corrected chi connectivity index (χ4v) is 4.99. The number of piperazine rings is 1. The minimum atomic E-state index is -2.84. The minimum absolute atomic E-state index is 0.0682. The topological polar surface area (TPSA) is 57.7 Å². The Bertz CT molecular complexity index is 646. The van der Waals surface area contributed by atoms with E-state index in [1.54, 1.807) is 0 Å². The molecule has 2 heterocycles. The number of carbonyl (C=O) groups excluding carboxylic acids is 1. The van der Waals surface area contributed by atoms with Gasteiger partial charge in [0, 0.05) is 37.8 Å². The first kappa shape index (κ1) is 15.5. The van der Waals surface area contributed by atoms with Gasteiger partial charge in [-0.05, 0) is 25.5 Å². The first-order valence-electron chi connectivity index (χ1n) is 7.75. The number of hydrogen-bond donors (Lipinski definition) is 0. The molecular weight excluding hydrogens is 300 g/mol. The van der Waals surface area contributed by atoms with Gasteiger partial charge in [0.25, 0.3) is 5.91 Å². The van der Waals surface area contributed by atoms with E-state index in [0.29, 0.717) is 18.8 Å².